The number of aromatic nitrogens is 2. The van der Waals surface area contributed by atoms with Crippen LogP contribution in [0.2, 0.25) is 0 Å². The summed E-state index contributed by atoms with van der Waals surface area (Å²) in [6.07, 6.45) is 3.42. The largest absolute Gasteiger partial charge is 0.353 e. The summed E-state index contributed by atoms with van der Waals surface area (Å²) < 4.78 is 5.48. The molecule has 1 aromatic carbocycles. The molecule has 1 aromatic heterocycles. The highest BCUT2D eigenvalue weighted by molar-refractivity contribution is 5.76. The molecular formula is C19H26N4O2. The van der Waals surface area contributed by atoms with Crippen molar-refractivity contribution in [3.63, 3.8) is 0 Å². The minimum absolute atomic E-state index is 0.0808. The van der Waals surface area contributed by atoms with Gasteiger partial charge in [0.15, 0.2) is 0 Å². The zero-order chi connectivity index (χ0) is 17.6. The molecule has 3 rings (SSSR count). The molecule has 1 N–H and O–H groups in total. The molecule has 0 spiro atoms. The number of nitrogens with one attached hydrogen (secondary N) is 1. The molecule has 1 atom stereocenters. The summed E-state index contributed by atoms with van der Waals surface area (Å²) in [7, 11) is 0. The van der Waals surface area contributed by atoms with E-state index in [0.29, 0.717) is 18.1 Å². The zero-order valence-corrected chi connectivity index (χ0v) is 14.9. The summed E-state index contributed by atoms with van der Waals surface area (Å²) in [5.74, 6) is 1.44. The Balaban J connectivity index is 1.55. The molecule has 1 saturated heterocycles. The molecule has 0 bridgehead atoms. The zero-order valence-electron chi connectivity index (χ0n) is 14.9. The molecule has 134 valence electrons. The van der Waals surface area contributed by atoms with Gasteiger partial charge in [0, 0.05) is 31.1 Å². The van der Waals surface area contributed by atoms with E-state index >= 15 is 0 Å². The topological polar surface area (TPSA) is 71.3 Å². The van der Waals surface area contributed by atoms with E-state index < -0.39 is 0 Å². The lowest BCUT2D eigenvalue weighted by molar-refractivity contribution is -0.122. The van der Waals surface area contributed by atoms with Gasteiger partial charge in [0.25, 0.3) is 0 Å². The van der Waals surface area contributed by atoms with Gasteiger partial charge in [-0.3, -0.25) is 9.69 Å². The summed E-state index contributed by atoms with van der Waals surface area (Å²) in [4.78, 5) is 18.6. The van der Waals surface area contributed by atoms with E-state index in [9.17, 15) is 4.79 Å². The van der Waals surface area contributed by atoms with Gasteiger partial charge in [0.1, 0.15) is 0 Å². The summed E-state index contributed by atoms with van der Waals surface area (Å²) >= 11 is 0. The monoisotopic (exact) mass is 342 g/mol. The standard InChI is InChI=1S/C19H26N4O2/c1-3-7-17(24)20-16-10-12-23(13-11-16)14(2)19-21-18(22-25-19)15-8-5-4-6-9-15/h4-6,8-9,14,16H,3,7,10-13H2,1-2H3,(H,20,24). The third-order valence-electron chi connectivity index (χ3n) is 4.75. The van der Waals surface area contributed by atoms with Gasteiger partial charge in [-0.05, 0) is 26.2 Å². The van der Waals surface area contributed by atoms with Gasteiger partial charge in [0.05, 0.1) is 6.04 Å². The highest BCUT2D eigenvalue weighted by Gasteiger charge is 2.27. The number of carbonyl (C=O) groups excluding carboxylic acids is 1. The molecular weight excluding hydrogens is 316 g/mol. The van der Waals surface area contributed by atoms with Crippen molar-refractivity contribution in [2.75, 3.05) is 13.1 Å². The fourth-order valence-electron chi connectivity index (χ4n) is 3.22. The molecule has 1 amide bonds. The summed E-state index contributed by atoms with van der Waals surface area (Å²) in [5, 5.41) is 7.23. The predicted octanol–water partition coefficient (Wildman–Crippen LogP) is 3.18. The Bertz CT molecular complexity index is 678. The molecule has 0 aliphatic carbocycles. The van der Waals surface area contributed by atoms with Crippen LogP contribution < -0.4 is 5.32 Å². The third kappa shape index (κ3) is 4.45. The number of nitrogens with zero attached hydrogens (tertiary/aromatic N) is 3. The second-order valence-electron chi connectivity index (χ2n) is 6.63. The van der Waals surface area contributed by atoms with Gasteiger partial charge in [-0.15, -0.1) is 0 Å². The lowest BCUT2D eigenvalue weighted by Gasteiger charge is -2.34. The van der Waals surface area contributed by atoms with E-state index in [1.165, 1.54) is 0 Å². The van der Waals surface area contributed by atoms with Gasteiger partial charge in [-0.25, -0.2) is 0 Å². The van der Waals surface area contributed by atoms with Crippen LogP contribution in [0.5, 0.6) is 0 Å². The van der Waals surface area contributed by atoms with Crippen LogP contribution >= 0.6 is 0 Å². The van der Waals surface area contributed by atoms with Crippen molar-refractivity contribution in [2.45, 2.75) is 51.6 Å². The molecule has 1 aliphatic rings. The van der Waals surface area contributed by atoms with Crippen LogP contribution in [-0.4, -0.2) is 40.1 Å². The molecule has 6 nitrogen and oxygen atoms in total. The average Bonchev–Trinajstić information content (AvgIpc) is 3.13. The molecule has 2 heterocycles. The third-order valence-corrected chi connectivity index (χ3v) is 4.75. The van der Waals surface area contributed by atoms with Crippen LogP contribution in [0.1, 0.15) is 51.5 Å². The molecule has 2 aromatic rings. The Hall–Kier alpha value is -2.21. The average molecular weight is 342 g/mol. The first kappa shape index (κ1) is 17.6. The number of amides is 1. The van der Waals surface area contributed by atoms with Crippen molar-refractivity contribution in [2.24, 2.45) is 0 Å². The number of hydrogen-bond donors (Lipinski definition) is 1. The first-order chi connectivity index (χ1) is 12.2. The van der Waals surface area contributed by atoms with E-state index in [0.717, 1.165) is 37.9 Å². The fourth-order valence-corrected chi connectivity index (χ4v) is 3.22. The van der Waals surface area contributed by atoms with Crippen molar-refractivity contribution >= 4 is 5.91 Å². The van der Waals surface area contributed by atoms with Crippen molar-refractivity contribution in [1.29, 1.82) is 0 Å². The first-order valence-corrected chi connectivity index (χ1v) is 9.09. The van der Waals surface area contributed by atoms with E-state index in [1.807, 2.05) is 37.3 Å². The second kappa shape index (κ2) is 8.25. The van der Waals surface area contributed by atoms with Crippen LogP contribution in [0.3, 0.4) is 0 Å². The maximum absolute atomic E-state index is 11.7. The minimum atomic E-state index is 0.0808. The van der Waals surface area contributed by atoms with E-state index in [-0.39, 0.29) is 18.0 Å². The number of rotatable bonds is 6. The Morgan fingerprint density at radius 2 is 2.04 bits per heavy atom. The smallest absolute Gasteiger partial charge is 0.244 e. The quantitative estimate of drug-likeness (QED) is 0.873. The van der Waals surface area contributed by atoms with Crippen molar-refractivity contribution in [1.82, 2.24) is 20.4 Å². The van der Waals surface area contributed by atoms with E-state index in [1.54, 1.807) is 0 Å². The van der Waals surface area contributed by atoms with Gasteiger partial charge in [-0.1, -0.05) is 42.4 Å². The minimum Gasteiger partial charge on any atom is -0.353 e. The highest BCUT2D eigenvalue weighted by atomic mass is 16.5. The normalized spacial score (nSPS) is 17.4. The van der Waals surface area contributed by atoms with Crippen LogP contribution in [0.15, 0.2) is 34.9 Å². The fraction of sp³-hybridized carbons (Fsp3) is 0.526. The van der Waals surface area contributed by atoms with Crippen molar-refractivity contribution in [3.8, 4) is 11.4 Å². The second-order valence-corrected chi connectivity index (χ2v) is 6.63. The molecule has 1 fully saturated rings. The number of benzene rings is 1. The SMILES string of the molecule is CCCC(=O)NC1CCN(C(C)c2nc(-c3ccccc3)no2)CC1. The molecule has 1 aliphatic heterocycles. The number of piperidine rings is 1. The lowest BCUT2D eigenvalue weighted by Crippen LogP contribution is -2.45. The lowest BCUT2D eigenvalue weighted by atomic mass is 10.0. The van der Waals surface area contributed by atoms with E-state index in [2.05, 4.69) is 27.3 Å². The molecule has 0 saturated carbocycles. The van der Waals surface area contributed by atoms with Crippen LogP contribution in [0.25, 0.3) is 11.4 Å². The highest BCUT2D eigenvalue weighted by Crippen LogP contribution is 2.25. The van der Waals surface area contributed by atoms with Gasteiger partial charge in [0.2, 0.25) is 17.6 Å². The molecule has 25 heavy (non-hydrogen) atoms. The van der Waals surface area contributed by atoms with Crippen LogP contribution in [0, 0.1) is 0 Å². The Morgan fingerprint density at radius 3 is 2.72 bits per heavy atom. The van der Waals surface area contributed by atoms with Crippen LogP contribution in [-0.2, 0) is 4.79 Å². The van der Waals surface area contributed by atoms with Gasteiger partial charge < -0.3 is 9.84 Å². The van der Waals surface area contributed by atoms with Crippen molar-refractivity contribution in [3.05, 3.63) is 36.2 Å². The Labute approximate surface area is 148 Å². The van der Waals surface area contributed by atoms with Crippen molar-refractivity contribution < 1.29 is 9.32 Å². The summed E-state index contributed by atoms with van der Waals surface area (Å²) in [6.45, 7) is 5.96. The number of carbonyl (C=O) groups is 1. The number of hydrogen-bond acceptors (Lipinski definition) is 5. The maximum atomic E-state index is 11.7. The maximum Gasteiger partial charge on any atom is 0.244 e. The molecule has 0 radical (unpaired) electrons. The van der Waals surface area contributed by atoms with Gasteiger partial charge >= 0.3 is 0 Å². The summed E-state index contributed by atoms with van der Waals surface area (Å²) in [5.41, 5.74) is 0.960. The van der Waals surface area contributed by atoms with E-state index in [4.69, 9.17) is 4.52 Å². The van der Waals surface area contributed by atoms with Crippen LogP contribution in [0.4, 0.5) is 0 Å². The molecule has 1 unspecified atom stereocenters. The molecule has 6 heteroatoms. The Morgan fingerprint density at radius 1 is 1.32 bits per heavy atom. The Kier molecular flexibility index (Phi) is 5.81. The predicted molar refractivity (Wildman–Crippen MR) is 95.8 cm³/mol. The first-order valence-electron chi connectivity index (χ1n) is 9.09. The number of likely N-dealkylation sites (tertiary alicyclic amines) is 1. The van der Waals surface area contributed by atoms with Gasteiger partial charge in [-0.2, -0.15) is 4.98 Å². The summed E-state index contributed by atoms with van der Waals surface area (Å²) in [6, 6.07) is 10.2.